The van der Waals surface area contributed by atoms with Crippen molar-refractivity contribution in [2.45, 2.75) is 30.4 Å². The number of nitrogens with zero attached hydrogens (tertiary/aromatic N) is 1. The topological polar surface area (TPSA) is 79.2 Å². The number of thioether (sulfide) groups is 1. The summed E-state index contributed by atoms with van der Waals surface area (Å²) < 4.78 is 5.89. The van der Waals surface area contributed by atoms with E-state index in [1.165, 1.54) is 5.56 Å². The Kier molecular flexibility index (Phi) is 4.39. The van der Waals surface area contributed by atoms with Gasteiger partial charge in [-0.25, -0.2) is 0 Å². The maximum atomic E-state index is 12.1. The average Bonchev–Trinajstić information content (AvgIpc) is 2.99. The van der Waals surface area contributed by atoms with Crippen LogP contribution >= 0.6 is 11.8 Å². The molecule has 2 atom stereocenters. The van der Waals surface area contributed by atoms with Crippen molar-refractivity contribution >= 4 is 22.9 Å². The highest BCUT2D eigenvalue weighted by Crippen LogP contribution is 2.42. The van der Waals surface area contributed by atoms with Crippen LogP contribution in [-0.2, 0) is 11.2 Å². The Hall–Kier alpha value is -2.78. The van der Waals surface area contributed by atoms with Crippen LogP contribution in [0.4, 0.5) is 4.79 Å². The zero-order valence-electron chi connectivity index (χ0n) is 13.9. The van der Waals surface area contributed by atoms with Gasteiger partial charge in [-0.05, 0) is 66.8 Å². The van der Waals surface area contributed by atoms with Crippen LogP contribution in [0.25, 0.3) is 0 Å². The number of benzene rings is 2. The first-order valence-corrected chi connectivity index (χ1v) is 9.34. The Morgan fingerprint density at radius 3 is 2.58 bits per heavy atom. The van der Waals surface area contributed by atoms with Gasteiger partial charge < -0.3 is 4.74 Å². The number of carbonyl (C=O) groups excluding carboxylic acids is 2. The fourth-order valence-corrected chi connectivity index (χ4v) is 4.58. The molecule has 0 aromatic heterocycles. The SMILES string of the molecule is N#Cc1ccc(Oc2ccc3c(c2)CCC[C@H]3C2SC(=O)NC2=O)cc1. The second-order valence-electron chi connectivity index (χ2n) is 6.41. The van der Waals surface area contributed by atoms with Crippen molar-refractivity contribution in [3.8, 4) is 17.6 Å². The van der Waals surface area contributed by atoms with Crippen LogP contribution in [0.5, 0.6) is 11.5 Å². The second kappa shape index (κ2) is 6.85. The Bertz CT molecular complexity index is 918. The first kappa shape index (κ1) is 16.7. The molecule has 1 unspecified atom stereocenters. The first-order chi connectivity index (χ1) is 12.6. The summed E-state index contributed by atoms with van der Waals surface area (Å²) in [7, 11) is 0. The second-order valence-corrected chi connectivity index (χ2v) is 7.53. The smallest absolute Gasteiger partial charge is 0.286 e. The van der Waals surface area contributed by atoms with Crippen molar-refractivity contribution in [2.24, 2.45) is 0 Å². The third-order valence-electron chi connectivity index (χ3n) is 4.78. The lowest BCUT2D eigenvalue weighted by molar-refractivity contribution is -0.119. The Morgan fingerprint density at radius 1 is 1.12 bits per heavy atom. The number of hydrogen-bond acceptors (Lipinski definition) is 5. The van der Waals surface area contributed by atoms with Gasteiger partial charge in [0.25, 0.3) is 5.24 Å². The maximum absolute atomic E-state index is 12.1. The highest BCUT2D eigenvalue weighted by Gasteiger charge is 2.40. The zero-order chi connectivity index (χ0) is 18.1. The van der Waals surface area contributed by atoms with E-state index in [-0.39, 0.29) is 22.3 Å². The Labute approximate surface area is 155 Å². The van der Waals surface area contributed by atoms with E-state index in [4.69, 9.17) is 10.00 Å². The lowest BCUT2D eigenvalue weighted by Gasteiger charge is -2.28. The number of amides is 2. The molecule has 4 rings (SSSR count). The minimum atomic E-state index is -0.341. The molecule has 2 aromatic rings. The number of nitriles is 1. The van der Waals surface area contributed by atoms with E-state index < -0.39 is 0 Å². The third-order valence-corrected chi connectivity index (χ3v) is 5.89. The van der Waals surface area contributed by atoms with Gasteiger partial charge in [-0.1, -0.05) is 17.8 Å². The van der Waals surface area contributed by atoms with E-state index >= 15 is 0 Å². The monoisotopic (exact) mass is 364 g/mol. The highest BCUT2D eigenvalue weighted by molar-refractivity contribution is 8.15. The van der Waals surface area contributed by atoms with E-state index in [1.807, 2.05) is 18.2 Å². The van der Waals surface area contributed by atoms with Crippen LogP contribution < -0.4 is 10.1 Å². The first-order valence-electron chi connectivity index (χ1n) is 8.46. The fourth-order valence-electron chi connectivity index (χ4n) is 3.57. The average molecular weight is 364 g/mol. The van der Waals surface area contributed by atoms with Crippen LogP contribution in [0.2, 0.25) is 0 Å². The van der Waals surface area contributed by atoms with Gasteiger partial charge in [0, 0.05) is 5.92 Å². The zero-order valence-corrected chi connectivity index (χ0v) is 14.7. The molecule has 0 spiro atoms. The number of rotatable bonds is 3. The van der Waals surface area contributed by atoms with Gasteiger partial charge in [0.05, 0.1) is 11.6 Å². The van der Waals surface area contributed by atoms with Crippen molar-refractivity contribution in [3.63, 3.8) is 0 Å². The largest absolute Gasteiger partial charge is 0.457 e. The molecule has 1 aliphatic heterocycles. The van der Waals surface area contributed by atoms with E-state index in [9.17, 15) is 9.59 Å². The summed E-state index contributed by atoms with van der Waals surface area (Å²) in [6.07, 6.45) is 2.82. The number of hydrogen-bond donors (Lipinski definition) is 1. The Morgan fingerprint density at radius 2 is 1.88 bits per heavy atom. The third kappa shape index (κ3) is 3.18. The van der Waals surface area contributed by atoms with Gasteiger partial charge in [0.2, 0.25) is 5.91 Å². The molecule has 2 aliphatic rings. The van der Waals surface area contributed by atoms with Crippen molar-refractivity contribution in [1.29, 1.82) is 5.26 Å². The minimum Gasteiger partial charge on any atom is -0.457 e. The van der Waals surface area contributed by atoms with Crippen molar-refractivity contribution in [2.75, 3.05) is 0 Å². The van der Waals surface area contributed by atoms with E-state index in [0.717, 1.165) is 42.3 Å². The molecule has 5 nitrogen and oxygen atoms in total. The van der Waals surface area contributed by atoms with E-state index in [2.05, 4.69) is 11.4 Å². The molecule has 130 valence electrons. The lowest BCUT2D eigenvalue weighted by atomic mass is 9.80. The summed E-state index contributed by atoms with van der Waals surface area (Å²) >= 11 is 1.10. The van der Waals surface area contributed by atoms with Crippen LogP contribution in [0, 0.1) is 11.3 Å². The van der Waals surface area contributed by atoms with Gasteiger partial charge in [0.1, 0.15) is 16.7 Å². The molecular weight excluding hydrogens is 348 g/mol. The molecule has 0 radical (unpaired) electrons. The fraction of sp³-hybridized carbons (Fsp3) is 0.250. The van der Waals surface area contributed by atoms with Crippen LogP contribution in [0.3, 0.4) is 0 Å². The molecule has 26 heavy (non-hydrogen) atoms. The van der Waals surface area contributed by atoms with Gasteiger partial charge in [-0.3, -0.25) is 14.9 Å². The molecule has 1 N–H and O–H groups in total. The molecular formula is C20H16N2O3S. The molecule has 1 saturated heterocycles. The predicted molar refractivity (Wildman–Crippen MR) is 98.3 cm³/mol. The van der Waals surface area contributed by atoms with Gasteiger partial charge in [0.15, 0.2) is 0 Å². The van der Waals surface area contributed by atoms with Crippen LogP contribution in [-0.4, -0.2) is 16.4 Å². The lowest BCUT2D eigenvalue weighted by Crippen LogP contribution is -2.30. The van der Waals surface area contributed by atoms with Gasteiger partial charge in [-0.2, -0.15) is 5.26 Å². The molecule has 2 amide bonds. The normalized spacial score (nSPS) is 21.7. The van der Waals surface area contributed by atoms with Gasteiger partial charge in [-0.15, -0.1) is 0 Å². The summed E-state index contributed by atoms with van der Waals surface area (Å²) in [5, 5.41) is 10.6. The van der Waals surface area contributed by atoms with Crippen molar-refractivity contribution < 1.29 is 14.3 Å². The minimum absolute atomic E-state index is 0.0548. The quantitative estimate of drug-likeness (QED) is 0.886. The molecule has 1 fully saturated rings. The maximum Gasteiger partial charge on any atom is 0.286 e. The summed E-state index contributed by atoms with van der Waals surface area (Å²) in [6.45, 7) is 0. The standard InChI is InChI=1S/C20H16N2O3S/c21-11-12-4-6-14(7-5-12)25-15-8-9-16-13(10-15)2-1-3-17(16)18-19(23)22-20(24)26-18/h4-10,17-18H,1-3H2,(H,22,23,24)/t17-,18?/m1/s1. The molecule has 6 heteroatoms. The number of carbonyl (C=O) groups is 2. The number of imide groups is 1. The van der Waals surface area contributed by atoms with Crippen LogP contribution in [0.15, 0.2) is 42.5 Å². The predicted octanol–water partition coefficient (Wildman–Crippen LogP) is 4.12. The Balaban J connectivity index is 1.57. The van der Waals surface area contributed by atoms with Crippen molar-refractivity contribution in [3.05, 3.63) is 59.2 Å². The van der Waals surface area contributed by atoms with Crippen LogP contribution in [0.1, 0.15) is 35.4 Å². The van der Waals surface area contributed by atoms with Crippen molar-refractivity contribution in [1.82, 2.24) is 5.32 Å². The summed E-state index contributed by atoms with van der Waals surface area (Å²) in [6, 6.07) is 15.0. The number of ether oxygens (including phenoxy) is 1. The molecule has 0 bridgehead atoms. The number of aryl methyl sites for hydroxylation is 1. The van der Waals surface area contributed by atoms with E-state index in [0.29, 0.717) is 11.3 Å². The summed E-state index contributed by atoms with van der Waals surface area (Å²) in [5.74, 6) is 1.27. The molecule has 2 aromatic carbocycles. The highest BCUT2D eigenvalue weighted by atomic mass is 32.2. The summed E-state index contributed by atoms with van der Waals surface area (Å²) in [4.78, 5) is 23.6. The summed E-state index contributed by atoms with van der Waals surface area (Å²) in [5.41, 5.74) is 2.89. The van der Waals surface area contributed by atoms with Gasteiger partial charge >= 0.3 is 0 Å². The molecule has 1 heterocycles. The van der Waals surface area contributed by atoms with E-state index in [1.54, 1.807) is 24.3 Å². The number of nitrogens with one attached hydrogen (secondary N) is 1. The molecule has 0 saturated carbocycles. The number of fused-ring (bicyclic) bond motifs is 1. The molecule has 1 aliphatic carbocycles.